The Morgan fingerprint density at radius 1 is 1.40 bits per heavy atom. The van der Waals surface area contributed by atoms with Crippen LogP contribution in [0.5, 0.6) is 0 Å². The molecule has 15 heavy (non-hydrogen) atoms. The van der Waals surface area contributed by atoms with Gasteiger partial charge in [-0.2, -0.15) is 0 Å². The highest BCUT2D eigenvalue weighted by molar-refractivity contribution is 5.12. The molecule has 0 unspecified atom stereocenters. The van der Waals surface area contributed by atoms with E-state index in [9.17, 15) is 4.79 Å². The zero-order chi connectivity index (χ0) is 10.3. The lowest BCUT2D eigenvalue weighted by Gasteiger charge is -2.09. The van der Waals surface area contributed by atoms with Crippen LogP contribution in [0.15, 0.2) is 10.9 Å². The van der Waals surface area contributed by atoms with Crippen LogP contribution < -0.4 is 5.56 Å². The second-order valence-corrected chi connectivity index (χ2v) is 4.33. The van der Waals surface area contributed by atoms with Crippen molar-refractivity contribution in [3.8, 4) is 0 Å². The Hall–Kier alpha value is -1.16. The molecule has 0 aromatic carbocycles. The lowest BCUT2D eigenvalue weighted by atomic mass is 10.2. The number of H-pyrrole nitrogens is 1. The van der Waals surface area contributed by atoms with Gasteiger partial charge in [0.2, 0.25) is 0 Å². The Balaban J connectivity index is 1.95. The summed E-state index contributed by atoms with van der Waals surface area (Å²) in [7, 11) is 0. The van der Waals surface area contributed by atoms with E-state index >= 15 is 0 Å². The number of nitrogens with zero attached hydrogens (tertiary/aromatic N) is 1. The maximum atomic E-state index is 11.4. The standard InChI is InChI=1S/C11H14N2O2/c14-10-6-8(9-2-1-5-15-9)12-11(13-10)7-3-4-7/h6-7,9H,1-5H2,(H,12,13,14)/t9-/m0/s1. The molecule has 1 N–H and O–H groups in total. The monoisotopic (exact) mass is 206 g/mol. The lowest BCUT2D eigenvalue weighted by molar-refractivity contribution is 0.108. The van der Waals surface area contributed by atoms with Crippen LogP contribution >= 0.6 is 0 Å². The van der Waals surface area contributed by atoms with Gasteiger partial charge in [-0.05, 0) is 25.7 Å². The maximum Gasteiger partial charge on any atom is 0.251 e. The second kappa shape index (κ2) is 3.45. The fourth-order valence-electron chi connectivity index (χ4n) is 2.02. The molecule has 2 fully saturated rings. The molecule has 0 bridgehead atoms. The van der Waals surface area contributed by atoms with Crippen molar-refractivity contribution in [1.29, 1.82) is 0 Å². The molecule has 4 heteroatoms. The largest absolute Gasteiger partial charge is 0.372 e. The minimum atomic E-state index is -0.0441. The molecule has 0 radical (unpaired) electrons. The number of hydrogen-bond donors (Lipinski definition) is 1. The zero-order valence-corrected chi connectivity index (χ0v) is 8.53. The first-order chi connectivity index (χ1) is 7.33. The van der Waals surface area contributed by atoms with Crippen LogP contribution in [0, 0.1) is 0 Å². The molecule has 3 rings (SSSR count). The van der Waals surface area contributed by atoms with Crippen LogP contribution in [-0.2, 0) is 4.74 Å². The summed E-state index contributed by atoms with van der Waals surface area (Å²) in [6.45, 7) is 0.790. The summed E-state index contributed by atoms with van der Waals surface area (Å²) < 4.78 is 5.53. The first-order valence-electron chi connectivity index (χ1n) is 5.56. The molecule has 1 aliphatic carbocycles. The molecule has 1 aromatic heterocycles. The average molecular weight is 206 g/mol. The SMILES string of the molecule is O=c1cc([C@@H]2CCCO2)nc(C2CC2)[nH]1. The van der Waals surface area contributed by atoms with Crippen LogP contribution in [0.25, 0.3) is 0 Å². The number of aromatic nitrogens is 2. The molecule has 1 aliphatic heterocycles. The first-order valence-corrected chi connectivity index (χ1v) is 5.56. The summed E-state index contributed by atoms with van der Waals surface area (Å²) >= 11 is 0. The fourth-order valence-corrected chi connectivity index (χ4v) is 2.02. The molecule has 1 saturated carbocycles. The van der Waals surface area contributed by atoms with Gasteiger partial charge >= 0.3 is 0 Å². The topological polar surface area (TPSA) is 55.0 Å². The van der Waals surface area contributed by atoms with E-state index in [1.54, 1.807) is 6.07 Å². The van der Waals surface area contributed by atoms with Crippen LogP contribution in [0.1, 0.15) is 49.2 Å². The van der Waals surface area contributed by atoms with Crippen molar-refractivity contribution in [2.24, 2.45) is 0 Å². The minimum absolute atomic E-state index is 0.0441. The third-order valence-corrected chi connectivity index (χ3v) is 3.00. The van der Waals surface area contributed by atoms with Gasteiger partial charge in [-0.25, -0.2) is 4.98 Å². The Morgan fingerprint density at radius 3 is 2.93 bits per heavy atom. The van der Waals surface area contributed by atoms with Gasteiger partial charge in [0.05, 0.1) is 11.8 Å². The summed E-state index contributed by atoms with van der Waals surface area (Å²) in [5.74, 6) is 1.34. The second-order valence-electron chi connectivity index (χ2n) is 4.33. The molecular weight excluding hydrogens is 192 g/mol. The molecule has 2 aliphatic rings. The van der Waals surface area contributed by atoms with Gasteiger partial charge in [0.1, 0.15) is 5.82 Å². The molecule has 0 amide bonds. The first kappa shape index (κ1) is 9.09. The van der Waals surface area contributed by atoms with Gasteiger partial charge in [0, 0.05) is 18.6 Å². The predicted octanol–water partition coefficient (Wildman–Crippen LogP) is 1.50. The average Bonchev–Trinajstić information content (AvgIpc) is 2.93. The molecule has 80 valence electrons. The molecule has 0 spiro atoms. The van der Waals surface area contributed by atoms with Crippen molar-refractivity contribution in [3.05, 3.63) is 27.9 Å². The van der Waals surface area contributed by atoms with Gasteiger partial charge in [-0.15, -0.1) is 0 Å². The van der Waals surface area contributed by atoms with Gasteiger partial charge < -0.3 is 9.72 Å². The van der Waals surface area contributed by atoms with E-state index < -0.39 is 0 Å². The van der Waals surface area contributed by atoms with E-state index in [0.29, 0.717) is 5.92 Å². The van der Waals surface area contributed by atoms with Gasteiger partial charge in [0.25, 0.3) is 5.56 Å². The van der Waals surface area contributed by atoms with Crippen molar-refractivity contribution >= 4 is 0 Å². The van der Waals surface area contributed by atoms with E-state index in [-0.39, 0.29) is 11.7 Å². The number of aromatic amines is 1. The summed E-state index contributed by atoms with van der Waals surface area (Å²) in [6, 6.07) is 1.57. The van der Waals surface area contributed by atoms with Crippen LogP contribution in [0.3, 0.4) is 0 Å². The molecular formula is C11H14N2O2. The normalized spacial score (nSPS) is 25.7. The highest BCUT2D eigenvalue weighted by Gasteiger charge is 2.28. The van der Waals surface area contributed by atoms with Gasteiger partial charge in [-0.3, -0.25) is 4.79 Å². The highest BCUT2D eigenvalue weighted by Crippen LogP contribution is 2.38. The van der Waals surface area contributed by atoms with Crippen molar-refractivity contribution in [2.45, 2.75) is 37.7 Å². The van der Waals surface area contributed by atoms with Gasteiger partial charge in [-0.1, -0.05) is 0 Å². The van der Waals surface area contributed by atoms with E-state index in [1.165, 1.54) is 0 Å². The quantitative estimate of drug-likeness (QED) is 0.797. The van der Waals surface area contributed by atoms with E-state index in [0.717, 1.165) is 43.8 Å². The van der Waals surface area contributed by atoms with Crippen molar-refractivity contribution in [1.82, 2.24) is 9.97 Å². The molecule has 4 nitrogen and oxygen atoms in total. The number of nitrogens with one attached hydrogen (secondary N) is 1. The van der Waals surface area contributed by atoms with E-state index in [1.807, 2.05) is 0 Å². The highest BCUT2D eigenvalue weighted by atomic mass is 16.5. The third-order valence-electron chi connectivity index (χ3n) is 3.00. The fraction of sp³-hybridized carbons (Fsp3) is 0.636. The molecule has 1 aromatic rings. The zero-order valence-electron chi connectivity index (χ0n) is 8.53. The van der Waals surface area contributed by atoms with Crippen molar-refractivity contribution < 1.29 is 4.74 Å². The van der Waals surface area contributed by atoms with Crippen molar-refractivity contribution in [3.63, 3.8) is 0 Å². The minimum Gasteiger partial charge on any atom is -0.372 e. The van der Waals surface area contributed by atoms with Crippen LogP contribution in [0.2, 0.25) is 0 Å². The summed E-state index contributed by atoms with van der Waals surface area (Å²) in [5, 5.41) is 0. The van der Waals surface area contributed by atoms with E-state index in [2.05, 4.69) is 9.97 Å². The van der Waals surface area contributed by atoms with Crippen LogP contribution in [0.4, 0.5) is 0 Å². The predicted molar refractivity (Wildman–Crippen MR) is 54.8 cm³/mol. The van der Waals surface area contributed by atoms with Gasteiger partial charge in [0.15, 0.2) is 0 Å². The number of hydrogen-bond acceptors (Lipinski definition) is 3. The molecule has 1 saturated heterocycles. The Morgan fingerprint density at radius 2 is 2.27 bits per heavy atom. The Kier molecular flexibility index (Phi) is 2.09. The Bertz CT molecular complexity index is 417. The summed E-state index contributed by atoms with van der Waals surface area (Å²) in [5.41, 5.74) is 0.774. The lowest BCUT2D eigenvalue weighted by Crippen LogP contribution is -2.14. The van der Waals surface area contributed by atoms with Crippen LogP contribution in [-0.4, -0.2) is 16.6 Å². The van der Waals surface area contributed by atoms with Crippen molar-refractivity contribution in [2.75, 3.05) is 6.61 Å². The molecule has 2 heterocycles. The summed E-state index contributed by atoms with van der Waals surface area (Å²) in [4.78, 5) is 18.8. The maximum absolute atomic E-state index is 11.4. The molecule has 1 atom stereocenters. The smallest absolute Gasteiger partial charge is 0.251 e. The Labute approximate surface area is 87.7 Å². The van der Waals surface area contributed by atoms with E-state index in [4.69, 9.17) is 4.74 Å². The number of rotatable bonds is 2. The summed E-state index contributed by atoms with van der Waals surface area (Å²) in [6.07, 6.45) is 4.40. The number of ether oxygens (including phenoxy) is 1. The third kappa shape index (κ3) is 1.81.